The number of hydrogen-bond donors (Lipinski definition) is 1. The van der Waals surface area contributed by atoms with Crippen LogP contribution in [0.1, 0.15) is 18.5 Å². The topological polar surface area (TPSA) is 58.3 Å². The van der Waals surface area contributed by atoms with Gasteiger partial charge in [-0.15, -0.1) is 0 Å². The van der Waals surface area contributed by atoms with E-state index in [0.29, 0.717) is 5.95 Å². The Morgan fingerprint density at radius 1 is 1.14 bits per heavy atom. The van der Waals surface area contributed by atoms with Gasteiger partial charge in [-0.3, -0.25) is 4.90 Å². The molecule has 2 aliphatic carbocycles. The molecule has 3 aliphatic rings. The fourth-order valence-corrected chi connectivity index (χ4v) is 4.33. The van der Waals surface area contributed by atoms with Gasteiger partial charge in [-0.25, -0.2) is 4.98 Å². The van der Waals surface area contributed by atoms with Gasteiger partial charge in [0.05, 0.1) is 0 Å². The van der Waals surface area contributed by atoms with Crippen molar-refractivity contribution in [2.75, 3.05) is 43.4 Å². The summed E-state index contributed by atoms with van der Waals surface area (Å²) in [5.74, 6) is 3.98. The van der Waals surface area contributed by atoms with E-state index in [2.05, 4.69) is 31.9 Å². The summed E-state index contributed by atoms with van der Waals surface area (Å²) in [6.07, 6.45) is 7.70. The van der Waals surface area contributed by atoms with Crippen LogP contribution in [0.15, 0.2) is 18.2 Å². The highest BCUT2D eigenvalue weighted by molar-refractivity contribution is 5.43. The first kappa shape index (κ1) is 14.0. The Kier molecular flexibility index (Phi) is 3.53. The lowest BCUT2D eigenvalue weighted by molar-refractivity contribution is 0.204. The Labute approximate surface area is 132 Å². The molecule has 2 heterocycles. The summed E-state index contributed by atoms with van der Waals surface area (Å²) in [5, 5.41) is 0. The maximum Gasteiger partial charge on any atom is 0.222 e. The number of piperazine rings is 1. The second-order valence-corrected chi connectivity index (χ2v) is 7.05. The van der Waals surface area contributed by atoms with E-state index in [-0.39, 0.29) is 0 Å². The van der Waals surface area contributed by atoms with Crippen molar-refractivity contribution in [1.82, 2.24) is 14.9 Å². The van der Waals surface area contributed by atoms with E-state index in [1.54, 1.807) is 0 Å². The number of rotatable bonds is 3. The van der Waals surface area contributed by atoms with Gasteiger partial charge in [0.25, 0.3) is 0 Å². The van der Waals surface area contributed by atoms with Crippen LogP contribution in [-0.4, -0.2) is 47.6 Å². The van der Waals surface area contributed by atoms with Crippen molar-refractivity contribution < 1.29 is 0 Å². The monoisotopic (exact) mass is 299 g/mol. The smallest absolute Gasteiger partial charge is 0.222 e. The third-order valence-electron chi connectivity index (χ3n) is 5.46. The fraction of sp³-hybridized carbons (Fsp3) is 0.647. The largest absolute Gasteiger partial charge is 0.368 e. The Morgan fingerprint density at radius 3 is 2.59 bits per heavy atom. The molecule has 2 N–H and O–H groups in total. The molecule has 0 unspecified atom stereocenters. The number of hydrogen-bond acceptors (Lipinski definition) is 5. The molecule has 0 amide bonds. The van der Waals surface area contributed by atoms with Crippen molar-refractivity contribution in [1.29, 1.82) is 0 Å². The first-order chi connectivity index (χ1) is 10.7. The van der Waals surface area contributed by atoms with E-state index >= 15 is 0 Å². The number of fused-ring (bicyclic) bond motifs is 2. The van der Waals surface area contributed by atoms with Crippen LogP contribution in [0.3, 0.4) is 0 Å². The Bertz CT molecular complexity index is 556. The third-order valence-corrected chi connectivity index (χ3v) is 5.46. The van der Waals surface area contributed by atoms with Gasteiger partial charge >= 0.3 is 0 Å². The maximum atomic E-state index is 5.77. The predicted molar refractivity (Wildman–Crippen MR) is 88.7 cm³/mol. The van der Waals surface area contributed by atoms with Gasteiger partial charge in [-0.1, -0.05) is 12.2 Å². The van der Waals surface area contributed by atoms with Gasteiger partial charge in [0.1, 0.15) is 5.82 Å². The minimum Gasteiger partial charge on any atom is -0.368 e. The van der Waals surface area contributed by atoms with Crippen molar-refractivity contribution >= 4 is 11.8 Å². The summed E-state index contributed by atoms with van der Waals surface area (Å²) in [6.45, 7) is 7.56. The summed E-state index contributed by atoms with van der Waals surface area (Å²) >= 11 is 0. The number of aryl methyl sites for hydroxylation is 1. The van der Waals surface area contributed by atoms with Crippen LogP contribution in [0.5, 0.6) is 0 Å². The minimum absolute atomic E-state index is 0.381. The van der Waals surface area contributed by atoms with Crippen LogP contribution in [0.4, 0.5) is 11.8 Å². The Morgan fingerprint density at radius 2 is 1.95 bits per heavy atom. The van der Waals surface area contributed by atoms with Crippen molar-refractivity contribution in [3.63, 3.8) is 0 Å². The molecule has 1 aromatic rings. The molecule has 0 radical (unpaired) electrons. The summed E-state index contributed by atoms with van der Waals surface area (Å²) in [5.41, 5.74) is 6.71. The minimum atomic E-state index is 0.381. The summed E-state index contributed by atoms with van der Waals surface area (Å²) in [7, 11) is 0. The molecule has 1 aliphatic heterocycles. The Balaban J connectivity index is 1.33. The van der Waals surface area contributed by atoms with Gasteiger partial charge < -0.3 is 10.6 Å². The zero-order valence-electron chi connectivity index (χ0n) is 13.3. The molecular formula is C17H25N5. The first-order valence-corrected chi connectivity index (χ1v) is 8.44. The van der Waals surface area contributed by atoms with Gasteiger partial charge in [-0.05, 0) is 37.5 Å². The second-order valence-electron chi connectivity index (χ2n) is 7.05. The fourth-order valence-electron chi connectivity index (χ4n) is 4.33. The quantitative estimate of drug-likeness (QED) is 0.861. The van der Waals surface area contributed by atoms with Crippen LogP contribution in [0, 0.1) is 24.7 Å². The lowest BCUT2D eigenvalue weighted by atomic mass is 9.93. The zero-order chi connectivity index (χ0) is 15.1. The van der Waals surface area contributed by atoms with Gasteiger partial charge in [0.15, 0.2) is 0 Å². The third kappa shape index (κ3) is 2.70. The molecule has 5 heteroatoms. The molecule has 22 heavy (non-hydrogen) atoms. The molecule has 5 nitrogen and oxygen atoms in total. The number of anilines is 2. The highest BCUT2D eigenvalue weighted by atomic mass is 15.3. The molecule has 2 fully saturated rings. The van der Waals surface area contributed by atoms with E-state index in [9.17, 15) is 0 Å². The average Bonchev–Trinajstić information content (AvgIpc) is 3.09. The van der Waals surface area contributed by atoms with Crippen LogP contribution >= 0.6 is 0 Å². The second kappa shape index (κ2) is 5.54. The number of aromatic nitrogens is 2. The summed E-state index contributed by atoms with van der Waals surface area (Å²) in [4.78, 5) is 13.5. The first-order valence-electron chi connectivity index (χ1n) is 8.44. The van der Waals surface area contributed by atoms with Crippen molar-refractivity contribution in [3.8, 4) is 0 Å². The van der Waals surface area contributed by atoms with Crippen LogP contribution < -0.4 is 10.6 Å². The molecule has 0 aromatic carbocycles. The Hall–Kier alpha value is -1.62. The molecular weight excluding hydrogens is 274 g/mol. The molecule has 1 saturated carbocycles. The highest BCUT2D eigenvalue weighted by Gasteiger charge is 2.36. The SMILES string of the molecule is Cc1cc(N2CCN(C[C@@H]3C[C@H]4C=C[C@@H]3C4)CC2)nc(N)n1. The number of nitrogens with two attached hydrogens (primary N) is 1. The van der Waals surface area contributed by atoms with E-state index in [4.69, 9.17) is 5.73 Å². The molecule has 1 saturated heterocycles. The summed E-state index contributed by atoms with van der Waals surface area (Å²) in [6, 6.07) is 2.03. The normalized spacial score (nSPS) is 31.1. The lowest BCUT2D eigenvalue weighted by Gasteiger charge is -2.37. The number of allylic oxidation sites excluding steroid dienone is 2. The molecule has 2 bridgehead atoms. The van der Waals surface area contributed by atoms with Gasteiger partial charge in [0, 0.05) is 44.5 Å². The van der Waals surface area contributed by atoms with Crippen LogP contribution in [0.25, 0.3) is 0 Å². The van der Waals surface area contributed by atoms with Crippen molar-refractivity contribution in [2.24, 2.45) is 17.8 Å². The zero-order valence-corrected chi connectivity index (χ0v) is 13.3. The number of nitrogens with zero attached hydrogens (tertiary/aromatic N) is 4. The maximum absolute atomic E-state index is 5.77. The summed E-state index contributed by atoms with van der Waals surface area (Å²) < 4.78 is 0. The van der Waals surface area contributed by atoms with E-state index in [1.165, 1.54) is 19.4 Å². The molecule has 0 spiro atoms. The average molecular weight is 299 g/mol. The molecule has 1 aromatic heterocycles. The molecule has 4 rings (SSSR count). The van der Waals surface area contributed by atoms with Crippen molar-refractivity contribution in [2.45, 2.75) is 19.8 Å². The van der Waals surface area contributed by atoms with Crippen LogP contribution in [0.2, 0.25) is 0 Å². The van der Waals surface area contributed by atoms with E-state index < -0.39 is 0 Å². The lowest BCUT2D eigenvalue weighted by Crippen LogP contribution is -2.48. The van der Waals surface area contributed by atoms with Crippen molar-refractivity contribution in [3.05, 3.63) is 23.9 Å². The molecule has 3 atom stereocenters. The standard InChI is InChI=1S/C17H25N5/c1-12-8-16(20-17(18)19-12)22-6-4-21(5-7-22)11-15-10-13-2-3-14(15)9-13/h2-3,8,13-15H,4-7,9-11H2,1H3,(H2,18,19,20)/t13-,14+,15-/m0/s1. The van der Waals surface area contributed by atoms with E-state index in [1.807, 2.05) is 13.0 Å². The van der Waals surface area contributed by atoms with Gasteiger partial charge in [0.2, 0.25) is 5.95 Å². The van der Waals surface area contributed by atoms with Gasteiger partial charge in [-0.2, -0.15) is 4.98 Å². The highest BCUT2D eigenvalue weighted by Crippen LogP contribution is 2.43. The van der Waals surface area contributed by atoms with E-state index in [0.717, 1.165) is 55.4 Å². The van der Waals surface area contributed by atoms with Crippen LogP contribution in [-0.2, 0) is 0 Å². The molecule has 118 valence electrons. The number of nitrogen functional groups attached to an aromatic ring is 1. The predicted octanol–water partition coefficient (Wildman–Crippen LogP) is 1.70.